The second-order valence-electron chi connectivity index (χ2n) is 7.41. The Balaban J connectivity index is 1.67. The number of anilines is 1. The standard InChI is InChI=1S/C22H17BrN2O3/c1-12(26)19-17-18(20-14-7-3-2-6-13(14)10-11-24(19)20)22(28)25(21(17)27)16-9-5-4-8-15(16)23/h2-11,17-20H,1H3/t17-,18-,19-,20-/m1/s1. The number of carbonyl (C=O) groups excluding carboxylic acids is 3. The molecule has 140 valence electrons. The molecule has 4 atom stereocenters. The second-order valence-corrected chi connectivity index (χ2v) is 8.26. The van der Waals surface area contributed by atoms with Crippen LogP contribution in [0.3, 0.4) is 0 Å². The number of Topliss-reactive ketones (excluding diaryl/α,β-unsaturated/α-hetero) is 1. The van der Waals surface area contributed by atoms with Crippen LogP contribution in [0.4, 0.5) is 5.69 Å². The van der Waals surface area contributed by atoms with Crippen molar-refractivity contribution in [2.45, 2.75) is 19.0 Å². The van der Waals surface area contributed by atoms with E-state index in [2.05, 4.69) is 15.9 Å². The third-order valence-corrected chi connectivity index (χ3v) is 6.64. The zero-order valence-electron chi connectivity index (χ0n) is 15.1. The lowest BCUT2D eigenvalue weighted by Gasteiger charge is -2.35. The zero-order valence-corrected chi connectivity index (χ0v) is 16.7. The first-order valence-corrected chi connectivity index (χ1v) is 9.97. The second kappa shape index (κ2) is 6.14. The van der Waals surface area contributed by atoms with Crippen LogP contribution in [0, 0.1) is 11.8 Å². The number of nitrogens with zero attached hydrogens (tertiary/aromatic N) is 2. The number of ketones is 1. The molecule has 28 heavy (non-hydrogen) atoms. The molecule has 2 fully saturated rings. The summed E-state index contributed by atoms with van der Waals surface area (Å²) in [5.74, 6) is -1.91. The molecular formula is C22H17BrN2O3. The Morgan fingerprint density at radius 2 is 1.64 bits per heavy atom. The number of fused-ring (bicyclic) bond motifs is 5. The molecular weight excluding hydrogens is 420 g/mol. The lowest BCUT2D eigenvalue weighted by Crippen LogP contribution is -2.43. The Kier molecular flexibility index (Phi) is 3.81. The van der Waals surface area contributed by atoms with Gasteiger partial charge in [0.1, 0.15) is 0 Å². The Labute approximate surface area is 170 Å². The molecule has 0 bridgehead atoms. The maximum Gasteiger partial charge on any atom is 0.240 e. The molecule has 2 amide bonds. The minimum atomic E-state index is -0.682. The molecule has 6 heteroatoms. The van der Waals surface area contributed by atoms with E-state index < -0.39 is 17.9 Å². The fraction of sp³-hybridized carbons (Fsp3) is 0.227. The van der Waals surface area contributed by atoms with E-state index in [1.54, 1.807) is 18.2 Å². The van der Waals surface area contributed by atoms with Crippen molar-refractivity contribution in [3.8, 4) is 0 Å². The Morgan fingerprint density at radius 3 is 2.39 bits per heavy atom. The summed E-state index contributed by atoms with van der Waals surface area (Å²) < 4.78 is 0.678. The van der Waals surface area contributed by atoms with Crippen LogP contribution >= 0.6 is 15.9 Å². The number of amides is 2. The van der Waals surface area contributed by atoms with E-state index in [9.17, 15) is 14.4 Å². The quantitative estimate of drug-likeness (QED) is 0.675. The van der Waals surface area contributed by atoms with Gasteiger partial charge in [0.2, 0.25) is 11.8 Å². The third-order valence-electron chi connectivity index (χ3n) is 5.97. The number of halogens is 1. The van der Waals surface area contributed by atoms with Gasteiger partial charge in [0, 0.05) is 10.7 Å². The van der Waals surface area contributed by atoms with Crippen LogP contribution < -0.4 is 4.90 Å². The molecule has 2 aromatic carbocycles. The summed E-state index contributed by atoms with van der Waals surface area (Å²) >= 11 is 3.45. The molecule has 0 saturated carbocycles. The molecule has 0 spiro atoms. The summed E-state index contributed by atoms with van der Waals surface area (Å²) in [5, 5.41) is 0. The predicted octanol–water partition coefficient (Wildman–Crippen LogP) is 3.55. The van der Waals surface area contributed by atoms with Crippen LogP contribution in [0.25, 0.3) is 6.08 Å². The average molecular weight is 437 g/mol. The highest BCUT2D eigenvalue weighted by atomic mass is 79.9. The molecule has 5 rings (SSSR count). The van der Waals surface area contributed by atoms with Crippen molar-refractivity contribution in [1.82, 2.24) is 4.90 Å². The van der Waals surface area contributed by atoms with Crippen molar-refractivity contribution in [2.24, 2.45) is 11.8 Å². The topological polar surface area (TPSA) is 57.7 Å². The molecule has 0 radical (unpaired) electrons. The predicted molar refractivity (Wildman–Crippen MR) is 108 cm³/mol. The largest absolute Gasteiger partial charge is 0.359 e. The molecule has 2 saturated heterocycles. The number of benzene rings is 2. The minimum Gasteiger partial charge on any atom is -0.359 e. The smallest absolute Gasteiger partial charge is 0.240 e. The van der Waals surface area contributed by atoms with Gasteiger partial charge in [0.05, 0.1) is 29.6 Å². The lowest BCUT2D eigenvalue weighted by atomic mass is 9.84. The molecule has 3 aliphatic rings. The van der Waals surface area contributed by atoms with E-state index in [-0.39, 0.29) is 23.6 Å². The maximum absolute atomic E-state index is 13.5. The van der Waals surface area contributed by atoms with Crippen LogP contribution in [0.1, 0.15) is 24.1 Å². The van der Waals surface area contributed by atoms with Crippen molar-refractivity contribution in [2.75, 3.05) is 4.90 Å². The highest BCUT2D eigenvalue weighted by Gasteiger charge is 2.64. The summed E-state index contributed by atoms with van der Waals surface area (Å²) in [6.45, 7) is 1.50. The molecule has 3 heterocycles. The van der Waals surface area contributed by atoms with Gasteiger partial charge in [-0.1, -0.05) is 36.4 Å². The van der Waals surface area contributed by atoms with Crippen LogP contribution in [-0.2, 0) is 14.4 Å². The Hall–Kier alpha value is -2.73. The van der Waals surface area contributed by atoms with Gasteiger partial charge >= 0.3 is 0 Å². The normalized spacial score (nSPS) is 27.6. The van der Waals surface area contributed by atoms with Crippen molar-refractivity contribution >= 4 is 45.3 Å². The van der Waals surface area contributed by atoms with Gasteiger partial charge in [-0.2, -0.15) is 0 Å². The molecule has 0 aromatic heterocycles. The summed E-state index contributed by atoms with van der Waals surface area (Å²) in [4.78, 5) is 42.6. The van der Waals surface area contributed by atoms with Gasteiger partial charge in [-0.3, -0.25) is 14.4 Å². The van der Waals surface area contributed by atoms with Gasteiger partial charge in [-0.25, -0.2) is 4.90 Å². The average Bonchev–Trinajstić information content (AvgIpc) is 3.16. The zero-order chi connectivity index (χ0) is 19.6. The first kappa shape index (κ1) is 17.4. The van der Waals surface area contributed by atoms with E-state index in [0.717, 1.165) is 11.1 Å². The van der Waals surface area contributed by atoms with Gasteiger partial charge in [-0.15, -0.1) is 0 Å². The van der Waals surface area contributed by atoms with Crippen molar-refractivity contribution in [3.63, 3.8) is 0 Å². The van der Waals surface area contributed by atoms with Crippen molar-refractivity contribution in [1.29, 1.82) is 0 Å². The van der Waals surface area contributed by atoms with E-state index in [1.165, 1.54) is 11.8 Å². The highest BCUT2D eigenvalue weighted by molar-refractivity contribution is 9.10. The van der Waals surface area contributed by atoms with Gasteiger partial charge in [0.15, 0.2) is 5.78 Å². The van der Waals surface area contributed by atoms with Crippen LogP contribution in [0.2, 0.25) is 0 Å². The number of rotatable bonds is 2. The van der Waals surface area contributed by atoms with Crippen LogP contribution in [0.15, 0.2) is 59.2 Å². The van der Waals surface area contributed by atoms with Gasteiger partial charge < -0.3 is 4.90 Å². The number of hydrogen-bond acceptors (Lipinski definition) is 4. The minimum absolute atomic E-state index is 0.100. The van der Waals surface area contributed by atoms with E-state index >= 15 is 0 Å². The fourth-order valence-corrected chi connectivity index (χ4v) is 5.35. The van der Waals surface area contributed by atoms with E-state index in [0.29, 0.717) is 10.2 Å². The van der Waals surface area contributed by atoms with Crippen molar-refractivity contribution in [3.05, 3.63) is 70.3 Å². The van der Waals surface area contributed by atoms with Crippen molar-refractivity contribution < 1.29 is 14.4 Å². The monoisotopic (exact) mass is 436 g/mol. The SMILES string of the molecule is CC(=O)[C@@H]1[C@@H]2C(=O)N(c3ccccc3Br)C(=O)[C@H]2[C@H]2c3ccccc3C=CN12. The highest BCUT2D eigenvalue weighted by Crippen LogP contribution is 2.53. The molecule has 0 unspecified atom stereocenters. The summed E-state index contributed by atoms with van der Waals surface area (Å²) in [6, 6.07) is 14.1. The number of para-hydroxylation sites is 1. The van der Waals surface area contributed by atoms with Crippen LogP contribution in [0.5, 0.6) is 0 Å². The molecule has 2 aromatic rings. The van der Waals surface area contributed by atoms with Gasteiger partial charge in [-0.05, 0) is 52.2 Å². The Bertz CT molecular complexity index is 1060. The number of imide groups is 1. The first-order valence-electron chi connectivity index (χ1n) is 9.18. The summed E-state index contributed by atoms with van der Waals surface area (Å²) in [6.07, 6.45) is 3.81. The van der Waals surface area contributed by atoms with E-state index in [1.807, 2.05) is 47.5 Å². The summed E-state index contributed by atoms with van der Waals surface area (Å²) in [7, 11) is 0. The maximum atomic E-state index is 13.5. The van der Waals surface area contributed by atoms with Gasteiger partial charge in [0.25, 0.3) is 0 Å². The molecule has 5 nitrogen and oxygen atoms in total. The third kappa shape index (κ3) is 2.21. The first-order chi connectivity index (χ1) is 13.5. The Morgan fingerprint density at radius 1 is 0.964 bits per heavy atom. The van der Waals surface area contributed by atoms with Crippen LogP contribution in [-0.4, -0.2) is 28.5 Å². The van der Waals surface area contributed by atoms with E-state index in [4.69, 9.17) is 0 Å². The summed E-state index contributed by atoms with van der Waals surface area (Å²) in [5.41, 5.74) is 2.53. The number of hydrogen-bond donors (Lipinski definition) is 0. The molecule has 0 N–H and O–H groups in total. The fourth-order valence-electron chi connectivity index (χ4n) is 4.89. The molecule has 0 aliphatic carbocycles. The number of carbonyl (C=O) groups is 3. The lowest BCUT2D eigenvalue weighted by molar-refractivity contribution is -0.129. The molecule has 3 aliphatic heterocycles.